The molecule has 3 aliphatic rings. The quantitative estimate of drug-likeness (QED) is 0.139. The largest absolute Gasteiger partial charge is 0.464 e. The zero-order valence-electron chi connectivity index (χ0n) is 30.4. The van der Waals surface area contributed by atoms with Crippen LogP contribution < -0.4 is 21.3 Å². The first kappa shape index (κ1) is 39.7. The molecular formula is C35H57N5O9. The second-order valence-corrected chi connectivity index (χ2v) is 16.2. The zero-order valence-corrected chi connectivity index (χ0v) is 30.4. The van der Waals surface area contributed by atoms with Gasteiger partial charge in [0.15, 0.2) is 0 Å². The number of amides is 5. The topological polar surface area (TPSA) is 189 Å². The number of carbonyl (C=O) groups is 7. The van der Waals surface area contributed by atoms with E-state index >= 15 is 0 Å². The number of ketones is 1. The Labute approximate surface area is 289 Å². The van der Waals surface area contributed by atoms with Gasteiger partial charge in [0, 0.05) is 13.1 Å². The maximum absolute atomic E-state index is 14.2. The third-order valence-corrected chi connectivity index (χ3v) is 8.98. The fraction of sp³-hybridized carbons (Fsp3) is 0.800. The maximum atomic E-state index is 14.2. The van der Waals surface area contributed by atoms with E-state index in [1.807, 2.05) is 13.8 Å². The average Bonchev–Trinajstić information content (AvgIpc) is 3.93. The van der Waals surface area contributed by atoms with Gasteiger partial charge < -0.3 is 35.6 Å². The summed E-state index contributed by atoms with van der Waals surface area (Å²) in [6.07, 6.45) is 4.32. The van der Waals surface area contributed by atoms with Crippen LogP contribution in [0.25, 0.3) is 0 Å². The summed E-state index contributed by atoms with van der Waals surface area (Å²) in [6, 6.07) is -3.80. The van der Waals surface area contributed by atoms with E-state index in [0.29, 0.717) is 18.9 Å². The molecular weight excluding hydrogens is 634 g/mol. The van der Waals surface area contributed by atoms with Crippen LogP contribution in [0.5, 0.6) is 0 Å². The molecule has 4 N–H and O–H groups in total. The zero-order chi connectivity index (χ0) is 36.7. The van der Waals surface area contributed by atoms with E-state index in [1.54, 1.807) is 41.5 Å². The Bertz CT molecular complexity index is 1250. The molecule has 14 nitrogen and oxygen atoms in total. The van der Waals surface area contributed by atoms with Gasteiger partial charge in [-0.25, -0.2) is 4.79 Å². The van der Waals surface area contributed by atoms with Crippen LogP contribution in [-0.2, 0) is 38.2 Å². The van der Waals surface area contributed by atoms with Crippen LogP contribution in [0.15, 0.2) is 0 Å². The van der Waals surface area contributed by atoms with Gasteiger partial charge in [-0.15, -0.1) is 0 Å². The number of Topliss-reactive ketones (excluding diaryl/α,β-unsaturated/α-hetero) is 1. The summed E-state index contributed by atoms with van der Waals surface area (Å²) in [4.78, 5) is 92.5. The van der Waals surface area contributed by atoms with E-state index in [0.717, 1.165) is 25.7 Å². The fourth-order valence-corrected chi connectivity index (χ4v) is 5.64. The van der Waals surface area contributed by atoms with Gasteiger partial charge in [-0.3, -0.25) is 28.8 Å². The first-order valence-corrected chi connectivity index (χ1v) is 17.6. The number of nitrogens with one attached hydrogen (secondary N) is 4. The summed E-state index contributed by atoms with van der Waals surface area (Å²) in [6.45, 7) is 14.7. The van der Waals surface area contributed by atoms with Crippen LogP contribution in [-0.4, -0.2) is 96.3 Å². The summed E-state index contributed by atoms with van der Waals surface area (Å²) in [7, 11) is 0. The monoisotopic (exact) mass is 691 g/mol. The second kappa shape index (κ2) is 16.8. The van der Waals surface area contributed by atoms with Gasteiger partial charge in [0.1, 0.15) is 24.2 Å². The molecule has 2 aliphatic carbocycles. The lowest BCUT2D eigenvalue weighted by atomic mass is 9.85. The lowest BCUT2D eigenvalue weighted by molar-refractivity contribution is -0.154. The highest BCUT2D eigenvalue weighted by Gasteiger charge is 2.46. The molecule has 14 heteroatoms. The number of esters is 2. The highest BCUT2D eigenvalue weighted by Crippen LogP contribution is 2.35. The third-order valence-electron chi connectivity index (χ3n) is 8.98. The smallest absolute Gasteiger partial charge is 0.325 e. The second-order valence-electron chi connectivity index (χ2n) is 16.2. The Morgan fingerprint density at radius 3 is 2.02 bits per heavy atom. The summed E-state index contributed by atoms with van der Waals surface area (Å²) in [5.41, 5.74) is -1.44. The van der Waals surface area contributed by atoms with Crippen molar-refractivity contribution in [2.45, 2.75) is 124 Å². The number of carbonyl (C=O) groups excluding carboxylic acids is 7. The molecule has 3 fully saturated rings. The van der Waals surface area contributed by atoms with Crippen LogP contribution in [0.4, 0.5) is 4.79 Å². The van der Waals surface area contributed by atoms with E-state index in [4.69, 9.17) is 9.47 Å². The standard InChI is InChI=1S/C35H57N5O9/c1-20(2)23-16-25(30(44)38-24(15-21-9-10-21)28(43)31(45)36-14-13-26(41)49-35(6,7)8)40(18-23)32(46)29(34(3,4)5)39-33(47)37-17-27(42)48-19-22-11-12-22/h20-25,29H,9-19H2,1-8H3,(H,36,45)(H,38,44)(H2,37,39,47). The number of ether oxygens (including phenoxy) is 2. The molecule has 5 amide bonds. The summed E-state index contributed by atoms with van der Waals surface area (Å²) < 4.78 is 10.4. The molecule has 4 atom stereocenters. The molecule has 276 valence electrons. The van der Waals surface area contributed by atoms with Crippen LogP contribution in [0.3, 0.4) is 0 Å². The highest BCUT2D eigenvalue weighted by atomic mass is 16.6. The first-order chi connectivity index (χ1) is 22.7. The number of rotatable bonds is 16. The van der Waals surface area contributed by atoms with E-state index in [-0.39, 0.29) is 50.2 Å². The minimum Gasteiger partial charge on any atom is -0.464 e. The van der Waals surface area contributed by atoms with E-state index in [1.165, 1.54) is 4.90 Å². The van der Waals surface area contributed by atoms with Gasteiger partial charge in [0.2, 0.25) is 17.6 Å². The molecule has 1 heterocycles. The van der Waals surface area contributed by atoms with Crippen molar-refractivity contribution in [3.8, 4) is 0 Å². The highest BCUT2D eigenvalue weighted by molar-refractivity contribution is 6.38. The molecule has 2 saturated carbocycles. The minimum absolute atomic E-state index is 0.0240. The molecule has 3 rings (SSSR count). The van der Waals surface area contributed by atoms with Gasteiger partial charge in [0.25, 0.3) is 5.91 Å². The Morgan fingerprint density at radius 1 is 0.837 bits per heavy atom. The Kier molecular flexibility index (Phi) is 13.6. The molecule has 1 aliphatic heterocycles. The number of hydrogen-bond acceptors (Lipinski definition) is 9. The van der Waals surface area contributed by atoms with Gasteiger partial charge in [-0.1, -0.05) is 47.5 Å². The van der Waals surface area contributed by atoms with E-state index in [9.17, 15) is 33.6 Å². The summed E-state index contributed by atoms with van der Waals surface area (Å²) >= 11 is 0. The first-order valence-electron chi connectivity index (χ1n) is 17.6. The number of nitrogens with zero attached hydrogens (tertiary/aromatic N) is 1. The lowest BCUT2D eigenvalue weighted by Gasteiger charge is -2.35. The molecule has 0 aromatic rings. The maximum Gasteiger partial charge on any atom is 0.325 e. The predicted octanol–water partition coefficient (Wildman–Crippen LogP) is 2.23. The third kappa shape index (κ3) is 13.3. The number of likely N-dealkylation sites (tertiary alicyclic amines) is 1. The van der Waals surface area contributed by atoms with Crippen LogP contribution in [0.2, 0.25) is 0 Å². The van der Waals surface area contributed by atoms with Crippen molar-refractivity contribution < 1.29 is 43.0 Å². The van der Waals surface area contributed by atoms with Gasteiger partial charge in [0.05, 0.1) is 19.1 Å². The lowest BCUT2D eigenvalue weighted by Crippen LogP contribution is -2.60. The summed E-state index contributed by atoms with van der Waals surface area (Å²) in [5, 5.41) is 10.4. The molecule has 1 saturated heterocycles. The number of hydrogen-bond donors (Lipinski definition) is 4. The van der Waals surface area contributed by atoms with Crippen LogP contribution >= 0.6 is 0 Å². The van der Waals surface area contributed by atoms with Crippen LogP contribution in [0.1, 0.15) is 100 Å². The van der Waals surface area contributed by atoms with Crippen molar-refractivity contribution in [3.63, 3.8) is 0 Å². The molecule has 49 heavy (non-hydrogen) atoms. The average molecular weight is 692 g/mol. The van der Waals surface area contributed by atoms with Gasteiger partial charge >= 0.3 is 18.0 Å². The summed E-state index contributed by atoms with van der Waals surface area (Å²) in [5.74, 6) is -3.13. The molecule has 0 aromatic carbocycles. The van der Waals surface area contributed by atoms with Crippen molar-refractivity contribution in [1.82, 2.24) is 26.2 Å². The Morgan fingerprint density at radius 2 is 1.47 bits per heavy atom. The molecule has 0 spiro atoms. The van der Waals surface area contributed by atoms with Crippen molar-refractivity contribution in [2.24, 2.45) is 29.1 Å². The normalized spacial score (nSPS) is 20.6. The van der Waals surface area contributed by atoms with Crippen molar-refractivity contribution >= 4 is 41.5 Å². The van der Waals surface area contributed by atoms with Crippen molar-refractivity contribution in [1.29, 1.82) is 0 Å². The Hall–Kier alpha value is -3.71. The SMILES string of the molecule is CC(C)C1CC(C(=O)NC(CC2CC2)C(=O)C(=O)NCCC(=O)OC(C)(C)C)N(C(=O)C(NC(=O)NCC(=O)OCC2CC2)C(C)(C)C)C1. The molecule has 0 aromatic heterocycles. The van der Waals surface area contributed by atoms with Gasteiger partial charge in [-0.05, 0) is 75.5 Å². The van der Waals surface area contributed by atoms with Crippen molar-refractivity contribution in [3.05, 3.63) is 0 Å². The molecule has 0 bridgehead atoms. The predicted molar refractivity (Wildman–Crippen MR) is 180 cm³/mol. The Balaban J connectivity index is 1.68. The molecule has 0 radical (unpaired) electrons. The van der Waals surface area contributed by atoms with E-state index in [2.05, 4.69) is 21.3 Å². The number of urea groups is 1. The van der Waals surface area contributed by atoms with Gasteiger partial charge in [-0.2, -0.15) is 0 Å². The van der Waals surface area contributed by atoms with Crippen molar-refractivity contribution in [2.75, 3.05) is 26.2 Å². The molecule has 4 unspecified atom stereocenters. The fourth-order valence-electron chi connectivity index (χ4n) is 5.64. The minimum atomic E-state index is -1.10. The van der Waals surface area contributed by atoms with E-state index < -0.39 is 70.6 Å². The van der Waals surface area contributed by atoms with Crippen LogP contribution in [0, 0.1) is 29.1 Å².